The summed E-state index contributed by atoms with van der Waals surface area (Å²) in [5, 5.41) is 2.58. The number of hydrogen-bond acceptors (Lipinski definition) is 1. The van der Waals surface area contributed by atoms with E-state index in [0.29, 0.717) is 19.5 Å². The van der Waals surface area contributed by atoms with Crippen LogP contribution in [0.15, 0.2) is 16.6 Å². The zero-order chi connectivity index (χ0) is 11.7. The van der Waals surface area contributed by atoms with Gasteiger partial charge in [-0.15, -0.1) is 0 Å². The molecule has 2 rings (SSSR count). The van der Waals surface area contributed by atoms with Crippen LogP contribution in [0.4, 0.5) is 19.3 Å². The van der Waals surface area contributed by atoms with E-state index in [-0.39, 0.29) is 10.2 Å². The lowest BCUT2D eigenvalue weighted by Crippen LogP contribution is -2.46. The zero-order valence-corrected chi connectivity index (χ0v) is 9.85. The highest BCUT2D eigenvalue weighted by Crippen LogP contribution is 2.27. The summed E-state index contributed by atoms with van der Waals surface area (Å²) < 4.78 is 26.9. The van der Waals surface area contributed by atoms with E-state index in [2.05, 4.69) is 21.2 Å². The van der Waals surface area contributed by atoms with E-state index in [0.717, 1.165) is 12.1 Å². The Morgan fingerprint density at radius 1 is 1.31 bits per heavy atom. The van der Waals surface area contributed by atoms with Gasteiger partial charge in [-0.1, -0.05) is 0 Å². The third-order valence-corrected chi connectivity index (χ3v) is 2.97. The van der Waals surface area contributed by atoms with Gasteiger partial charge in [0, 0.05) is 19.2 Å². The van der Waals surface area contributed by atoms with Crippen LogP contribution in [0.25, 0.3) is 0 Å². The molecular weight excluding hydrogens is 282 g/mol. The van der Waals surface area contributed by atoms with Crippen LogP contribution in [0.3, 0.4) is 0 Å². The van der Waals surface area contributed by atoms with Crippen molar-refractivity contribution in [1.82, 2.24) is 5.32 Å². The SMILES string of the molecule is O=C1NCCCN1c1cc(F)c(Br)cc1F. The van der Waals surface area contributed by atoms with Gasteiger partial charge < -0.3 is 5.32 Å². The molecule has 3 nitrogen and oxygen atoms in total. The first kappa shape index (κ1) is 11.3. The predicted octanol–water partition coefficient (Wildman–Crippen LogP) is 2.65. The molecule has 0 aliphatic carbocycles. The Kier molecular flexibility index (Phi) is 3.09. The molecule has 0 saturated carbocycles. The van der Waals surface area contributed by atoms with Gasteiger partial charge in [0.1, 0.15) is 11.6 Å². The van der Waals surface area contributed by atoms with Crippen molar-refractivity contribution in [2.45, 2.75) is 6.42 Å². The average molecular weight is 291 g/mol. The maximum absolute atomic E-state index is 13.6. The lowest BCUT2D eigenvalue weighted by molar-refractivity contribution is 0.242. The van der Waals surface area contributed by atoms with Crippen LogP contribution in [0.1, 0.15) is 6.42 Å². The molecule has 1 aliphatic heterocycles. The maximum atomic E-state index is 13.6. The molecule has 2 amide bonds. The predicted molar refractivity (Wildman–Crippen MR) is 59.4 cm³/mol. The lowest BCUT2D eigenvalue weighted by atomic mass is 10.2. The first-order valence-electron chi connectivity index (χ1n) is 4.79. The summed E-state index contributed by atoms with van der Waals surface area (Å²) in [6.45, 7) is 0.958. The highest BCUT2D eigenvalue weighted by Gasteiger charge is 2.23. The quantitative estimate of drug-likeness (QED) is 0.793. The van der Waals surface area contributed by atoms with Gasteiger partial charge in [0.2, 0.25) is 0 Å². The number of urea groups is 1. The molecule has 86 valence electrons. The van der Waals surface area contributed by atoms with Crippen molar-refractivity contribution >= 4 is 27.6 Å². The Hall–Kier alpha value is -1.17. The molecule has 16 heavy (non-hydrogen) atoms. The van der Waals surface area contributed by atoms with Crippen LogP contribution >= 0.6 is 15.9 Å². The fourth-order valence-electron chi connectivity index (χ4n) is 1.58. The van der Waals surface area contributed by atoms with E-state index in [1.54, 1.807) is 0 Å². The summed E-state index contributed by atoms with van der Waals surface area (Å²) in [7, 11) is 0. The van der Waals surface area contributed by atoms with Crippen molar-refractivity contribution in [1.29, 1.82) is 0 Å². The number of benzene rings is 1. The lowest BCUT2D eigenvalue weighted by Gasteiger charge is -2.27. The van der Waals surface area contributed by atoms with Crippen LogP contribution in [-0.4, -0.2) is 19.1 Å². The summed E-state index contributed by atoms with van der Waals surface area (Å²) in [4.78, 5) is 12.7. The van der Waals surface area contributed by atoms with Gasteiger partial charge in [0.05, 0.1) is 10.2 Å². The van der Waals surface area contributed by atoms with Crippen molar-refractivity contribution in [2.75, 3.05) is 18.0 Å². The summed E-state index contributed by atoms with van der Waals surface area (Å²) in [6.07, 6.45) is 0.711. The third kappa shape index (κ3) is 2.02. The number of nitrogens with one attached hydrogen (secondary N) is 1. The molecule has 1 aliphatic rings. The van der Waals surface area contributed by atoms with E-state index in [1.165, 1.54) is 4.90 Å². The molecule has 1 fully saturated rings. The summed E-state index contributed by atoms with van der Waals surface area (Å²) in [5.41, 5.74) is -0.0297. The van der Waals surface area contributed by atoms with Gasteiger partial charge in [-0.05, 0) is 28.4 Å². The molecule has 0 bridgehead atoms. The number of amides is 2. The van der Waals surface area contributed by atoms with Gasteiger partial charge >= 0.3 is 6.03 Å². The number of halogens is 3. The zero-order valence-electron chi connectivity index (χ0n) is 8.27. The fourth-order valence-corrected chi connectivity index (χ4v) is 1.89. The molecule has 0 unspecified atom stereocenters. The molecule has 0 radical (unpaired) electrons. The smallest absolute Gasteiger partial charge is 0.321 e. The average Bonchev–Trinajstić information content (AvgIpc) is 2.25. The Labute approximate surface area is 99.6 Å². The number of rotatable bonds is 1. The Morgan fingerprint density at radius 2 is 2.06 bits per heavy atom. The molecule has 1 aromatic carbocycles. The summed E-state index contributed by atoms with van der Waals surface area (Å²) in [5.74, 6) is -1.21. The second-order valence-electron chi connectivity index (χ2n) is 3.45. The molecular formula is C10H9BrF2N2O. The molecule has 1 saturated heterocycles. The Morgan fingerprint density at radius 3 is 2.75 bits per heavy atom. The van der Waals surface area contributed by atoms with Crippen LogP contribution < -0.4 is 10.2 Å². The highest BCUT2D eigenvalue weighted by molar-refractivity contribution is 9.10. The van der Waals surface area contributed by atoms with E-state index in [9.17, 15) is 13.6 Å². The monoisotopic (exact) mass is 290 g/mol. The molecule has 1 N–H and O–H groups in total. The van der Waals surface area contributed by atoms with Gasteiger partial charge in [-0.25, -0.2) is 13.6 Å². The summed E-state index contributed by atoms with van der Waals surface area (Å²) in [6, 6.07) is 1.64. The van der Waals surface area contributed by atoms with Crippen molar-refractivity contribution in [3.8, 4) is 0 Å². The second-order valence-corrected chi connectivity index (χ2v) is 4.31. The summed E-state index contributed by atoms with van der Waals surface area (Å²) >= 11 is 2.89. The first-order valence-corrected chi connectivity index (χ1v) is 5.59. The topological polar surface area (TPSA) is 32.3 Å². The van der Waals surface area contributed by atoms with Crippen molar-refractivity contribution in [3.05, 3.63) is 28.2 Å². The van der Waals surface area contributed by atoms with Crippen LogP contribution in [-0.2, 0) is 0 Å². The van der Waals surface area contributed by atoms with Crippen molar-refractivity contribution in [2.24, 2.45) is 0 Å². The van der Waals surface area contributed by atoms with Crippen LogP contribution in [0.5, 0.6) is 0 Å². The fraction of sp³-hybridized carbons (Fsp3) is 0.300. The molecule has 6 heteroatoms. The van der Waals surface area contributed by atoms with E-state index >= 15 is 0 Å². The molecule has 0 spiro atoms. The largest absolute Gasteiger partial charge is 0.338 e. The van der Waals surface area contributed by atoms with E-state index in [4.69, 9.17) is 0 Å². The minimum atomic E-state index is -0.620. The molecule has 0 atom stereocenters. The number of carbonyl (C=O) groups excluding carboxylic acids is 1. The molecule has 1 aromatic rings. The Bertz CT molecular complexity index is 439. The molecule has 0 aromatic heterocycles. The van der Waals surface area contributed by atoms with Crippen LogP contribution in [0, 0.1) is 11.6 Å². The maximum Gasteiger partial charge on any atom is 0.321 e. The highest BCUT2D eigenvalue weighted by atomic mass is 79.9. The number of carbonyl (C=O) groups is 1. The van der Waals surface area contributed by atoms with Gasteiger partial charge in [0.15, 0.2) is 0 Å². The number of anilines is 1. The second kappa shape index (κ2) is 4.37. The van der Waals surface area contributed by atoms with Gasteiger partial charge in [-0.3, -0.25) is 4.90 Å². The first-order chi connectivity index (χ1) is 7.59. The van der Waals surface area contributed by atoms with Crippen LogP contribution in [0.2, 0.25) is 0 Å². The minimum Gasteiger partial charge on any atom is -0.338 e. The standard InChI is InChI=1S/C10H9BrF2N2O/c11-6-4-8(13)9(5-7(6)12)15-3-1-2-14-10(15)16/h4-5H,1-3H2,(H,14,16). The number of nitrogens with zero attached hydrogens (tertiary/aromatic N) is 1. The van der Waals surface area contributed by atoms with Crippen molar-refractivity contribution < 1.29 is 13.6 Å². The minimum absolute atomic E-state index is 0.0297. The third-order valence-electron chi connectivity index (χ3n) is 2.36. The van der Waals surface area contributed by atoms with E-state index < -0.39 is 17.7 Å². The van der Waals surface area contributed by atoms with Gasteiger partial charge in [0.25, 0.3) is 0 Å². The Balaban J connectivity index is 2.39. The van der Waals surface area contributed by atoms with Crippen molar-refractivity contribution in [3.63, 3.8) is 0 Å². The molecule has 1 heterocycles. The van der Waals surface area contributed by atoms with Gasteiger partial charge in [-0.2, -0.15) is 0 Å². The van der Waals surface area contributed by atoms with E-state index in [1.807, 2.05) is 0 Å². The normalized spacial score (nSPS) is 16.2. The number of hydrogen-bond donors (Lipinski definition) is 1.